The Morgan fingerprint density at radius 3 is 2.26 bits per heavy atom. The molecule has 0 aliphatic carbocycles. The first-order chi connectivity index (χ1) is 9.04. The summed E-state index contributed by atoms with van der Waals surface area (Å²) in [5, 5.41) is 18.4. The summed E-state index contributed by atoms with van der Waals surface area (Å²) in [6, 6.07) is 2.31. The van der Waals surface area contributed by atoms with Crippen molar-refractivity contribution in [2.75, 3.05) is 20.3 Å². The van der Waals surface area contributed by atoms with Crippen LogP contribution in [0.4, 0.5) is 0 Å². The van der Waals surface area contributed by atoms with Crippen molar-refractivity contribution in [3.63, 3.8) is 0 Å². The van der Waals surface area contributed by atoms with Gasteiger partial charge in [0.2, 0.25) is 11.8 Å². The largest absolute Gasteiger partial charge is 0.492 e. The van der Waals surface area contributed by atoms with E-state index in [0.717, 1.165) is 12.1 Å². The smallest absolute Gasteiger partial charge is 0.333 e. The highest BCUT2D eigenvalue weighted by Crippen LogP contribution is 2.18. The molecule has 0 bridgehead atoms. The van der Waals surface area contributed by atoms with E-state index in [2.05, 4.69) is 9.57 Å². The van der Waals surface area contributed by atoms with Crippen LogP contribution in [0.3, 0.4) is 0 Å². The summed E-state index contributed by atoms with van der Waals surface area (Å²) < 4.78 is 9.98. The maximum Gasteiger partial charge on any atom is 0.333 e. The maximum absolute atomic E-state index is 11.4. The predicted molar refractivity (Wildman–Crippen MR) is 61.4 cm³/mol. The highest BCUT2D eigenvalue weighted by molar-refractivity contribution is 5.77. The molecule has 0 atom stereocenters. The average molecular weight is 273 g/mol. The number of aromatic nitrogens is 1. The second kappa shape index (κ2) is 7.27. The van der Waals surface area contributed by atoms with E-state index < -0.39 is 23.7 Å². The summed E-state index contributed by atoms with van der Waals surface area (Å²) in [7, 11) is 1.47. The van der Waals surface area contributed by atoms with E-state index in [0.29, 0.717) is 4.73 Å². The topological polar surface area (TPSA) is 107 Å². The van der Waals surface area contributed by atoms with Crippen LogP contribution in [0.1, 0.15) is 12.8 Å². The van der Waals surface area contributed by atoms with Crippen molar-refractivity contribution >= 4 is 11.9 Å². The summed E-state index contributed by atoms with van der Waals surface area (Å²) in [5.41, 5.74) is 0. The zero-order chi connectivity index (χ0) is 14.3. The number of aromatic hydroxyl groups is 2. The summed E-state index contributed by atoms with van der Waals surface area (Å²) in [4.78, 5) is 27.2. The lowest BCUT2D eigenvalue weighted by molar-refractivity contribution is -0.151. The minimum Gasteiger partial charge on any atom is -0.492 e. The Morgan fingerprint density at radius 1 is 1.11 bits per heavy atom. The van der Waals surface area contributed by atoms with Crippen molar-refractivity contribution in [2.45, 2.75) is 12.8 Å². The number of rotatable bonds is 7. The first-order valence-corrected chi connectivity index (χ1v) is 5.50. The highest BCUT2D eigenvalue weighted by atomic mass is 16.7. The van der Waals surface area contributed by atoms with Gasteiger partial charge >= 0.3 is 11.9 Å². The van der Waals surface area contributed by atoms with Gasteiger partial charge in [0.05, 0.1) is 19.4 Å². The lowest BCUT2D eigenvalue weighted by atomic mass is 10.3. The average Bonchev–Trinajstić information content (AvgIpc) is 2.68. The SMILES string of the molecule is COCCOC(=O)CCC(=O)On1c(O)ccc1O. The molecule has 8 heteroatoms. The van der Waals surface area contributed by atoms with Crippen LogP contribution in [0.15, 0.2) is 12.1 Å². The van der Waals surface area contributed by atoms with Crippen LogP contribution in [-0.2, 0) is 19.1 Å². The summed E-state index contributed by atoms with van der Waals surface area (Å²) in [6.45, 7) is 0.394. The van der Waals surface area contributed by atoms with Crippen molar-refractivity contribution in [1.29, 1.82) is 0 Å². The molecule has 0 radical (unpaired) electrons. The lowest BCUT2D eigenvalue weighted by Gasteiger charge is -2.07. The van der Waals surface area contributed by atoms with E-state index in [9.17, 15) is 19.8 Å². The molecule has 0 aromatic carbocycles. The normalized spacial score (nSPS) is 10.2. The molecule has 1 aromatic rings. The van der Waals surface area contributed by atoms with Gasteiger partial charge in [-0.15, -0.1) is 4.73 Å². The number of nitrogens with zero attached hydrogens (tertiary/aromatic N) is 1. The van der Waals surface area contributed by atoms with Gasteiger partial charge in [-0.2, -0.15) is 0 Å². The fourth-order valence-electron chi connectivity index (χ4n) is 1.16. The van der Waals surface area contributed by atoms with Crippen LogP contribution in [-0.4, -0.2) is 47.2 Å². The zero-order valence-corrected chi connectivity index (χ0v) is 10.4. The van der Waals surface area contributed by atoms with Gasteiger partial charge in [0, 0.05) is 19.2 Å². The molecule has 1 heterocycles. The number of hydrogen-bond acceptors (Lipinski definition) is 7. The fraction of sp³-hybridized carbons (Fsp3) is 0.455. The third-order valence-electron chi connectivity index (χ3n) is 2.07. The van der Waals surface area contributed by atoms with Crippen LogP contribution >= 0.6 is 0 Å². The second-order valence-electron chi connectivity index (χ2n) is 3.52. The minimum absolute atomic E-state index is 0.115. The number of hydrogen-bond donors (Lipinski definition) is 2. The van der Waals surface area contributed by atoms with E-state index in [1.807, 2.05) is 0 Å². The van der Waals surface area contributed by atoms with E-state index in [4.69, 9.17) is 4.74 Å². The van der Waals surface area contributed by atoms with Gasteiger partial charge in [0.1, 0.15) is 6.61 Å². The Bertz CT molecular complexity index is 421. The Balaban J connectivity index is 2.30. The second-order valence-corrected chi connectivity index (χ2v) is 3.52. The molecule has 0 amide bonds. The molecular formula is C11H15NO7. The van der Waals surface area contributed by atoms with Crippen LogP contribution in [0, 0.1) is 0 Å². The van der Waals surface area contributed by atoms with Crippen LogP contribution in [0.2, 0.25) is 0 Å². The molecule has 0 spiro atoms. The Labute approximate surface area is 109 Å². The van der Waals surface area contributed by atoms with Gasteiger partial charge in [-0.1, -0.05) is 0 Å². The number of ether oxygens (including phenoxy) is 2. The summed E-state index contributed by atoms with van der Waals surface area (Å²) in [5.74, 6) is -2.19. The molecule has 1 rings (SSSR count). The van der Waals surface area contributed by atoms with Gasteiger partial charge in [-0.05, 0) is 0 Å². The van der Waals surface area contributed by atoms with E-state index >= 15 is 0 Å². The van der Waals surface area contributed by atoms with Crippen LogP contribution in [0.5, 0.6) is 11.8 Å². The molecule has 0 saturated heterocycles. The first-order valence-electron chi connectivity index (χ1n) is 5.50. The van der Waals surface area contributed by atoms with E-state index in [1.165, 1.54) is 7.11 Å². The number of methoxy groups -OCH3 is 1. The van der Waals surface area contributed by atoms with Gasteiger partial charge in [0.25, 0.3) is 0 Å². The molecule has 0 fully saturated rings. The molecule has 2 N–H and O–H groups in total. The molecule has 1 aromatic heterocycles. The summed E-state index contributed by atoms with van der Waals surface area (Å²) >= 11 is 0. The van der Waals surface area contributed by atoms with Gasteiger partial charge in [0.15, 0.2) is 0 Å². The fourth-order valence-corrected chi connectivity index (χ4v) is 1.16. The molecule has 0 aliphatic rings. The molecule has 0 saturated carbocycles. The van der Waals surface area contributed by atoms with Crippen molar-refractivity contribution < 1.29 is 34.1 Å². The van der Waals surface area contributed by atoms with Crippen LogP contribution in [0.25, 0.3) is 0 Å². The van der Waals surface area contributed by atoms with Gasteiger partial charge < -0.3 is 24.5 Å². The summed E-state index contributed by atoms with van der Waals surface area (Å²) in [6.07, 6.45) is -0.395. The highest BCUT2D eigenvalue weighted by Gasteiger charge is 2.14. The first kappa shape index (κ1) is 14.8. The quantitative estimate of drug-likeness (QED) is 0.524. The van der Waals surface area contributed by atoms with Crippen molar-refractivity contribution in [1.82, 2.24) is 4.73 Å². The lowest BCUT2D eigenvalue weighted by Crippen LogP contribution is -2.20. The molecule has 106 valence electrons. The molecule has 19 heavy (non-hydrogen) atoms. The van der Waals surface area contributed by atoms with Crippen molar-refractivity contribution in [2.24, 2.45) is 0 Å². The number of carbonyl (C=O) groups excluding carboxylic acids is 2. The van der Waals surface area contributed by atoms with Crippen molar-refractivity contribution in [3.05, 3.63) is 12.1 Å². The standard InChI is InChI=1S/C11H15NO7/c1-17-6-7-18-10(15)4-5-11(16)19-12-8(13)2-3-9(12)14/h2-3,13-14H,4-7H2,1H3. The predicted octanol–water partition coefficient (Wildman–Crippen LogP) is -0.176. The zero-order valence-electron chi connectivity index (χ0n) is 10.4. The monoisotopic (exact) mass is 273 g/mol. The van der Waals surface area contributed by atoms with Gasteiger partial charge in [-0.25, -0.2) is 4.79 Å². The third kappa shape index (κ3) is 4.88. The maximum atomic E-state index is 11.4. The molecule has 0 unspecified atom stereocenters. The van der Waals surface area contributed by atoms with Crippen molar-refractivity contribution in [3.8, 4) is 11.8 Å². The Morgan fingerprint density at radius 2 is 1.68 bits per heavy atom. The molecular weight excluding hydrogens is 258 g/mol. The van der Waals surface area contributed by atoms with Gasteiger partial charge in [-0.3, -0.25) is 4.79 Å². The Kier molecular flexibility index (Phi) is 5.68. The molecule has 0 aliphatic heterocycles. The third-order valence-corrected chi connectivity index (χ3v) is 2.07. The Hall–Kier alpha value is -2.22. The number of carbonyl (C=O) groups is 2. The van der Waals surface area contributed by atoms with E-state index in [1.54, 1.807) is 0 Å². The minimum atomic E-state index is -0.787. The van der Waals surface area contributed by atoms with E-state index in [-0.39, 0.29) is 26.1 Å². The number of esters is 1. The van der Waals surface area contributed by atoms with Crippen LogP contribution < -0.4 is 4.84 Å². The molecule has 8 nitrogen and oxygen atoms in total.